The van der Waals surface area contributed by atoms with E-state index in [0.29, 0.717) is 5.57 Å². The van der Waals surface area contributed by atoms with Crippen molar-refractivity contribution in [3.63, 3.8) is 0 Å². The first-order valence-electron chi connectivity index (χ1n) is 6.72. The van der Waals surface area contributed by atoms with Gasteiger partial charge in [-0.1, -0.05) is 6.58 Å². The summed E-state index contributed by atoms with van der Waals surface area (Å²) in [5.41, 5.74) is -0.00115. The van der Waals surface area contributed by atoms with Gasteiger partial charge >= 0.3 is 6.09 Å². The largest absolute Gasteiger partial charge is 0.444 e. The SMILES string of the molecule is C=C1C(NC(=O)OC(C)(C)C)C(O)C2OC(C)(C)OC12. The number of hydrogen-bond acceptors (Lipinski definition) is 5. The Morgan fingerprint density at radius 3 is 2.50 bits per heavy atom. The quantitative estimate of drug-likeness (QED) is 0.711. The third-order valence-electron chi connectivity index (χ3n) is 3.24. The first-order valence-corrected chi connectivity index (χ1v) is 6.72. The van der Waals surface area contributed by atoms with Gasteiger partial charge < -0.3 is 24.6 Å². The molecular weight excluding hydrogens is 262 g/mol. The summed E-state index contributed by atoms with van der Waals surface area (Å²) in [5.74, 6) is -0.754. The average molecular weight is 285 g/mol. The lowest BCUT2D eigenvalue weighted by atomic mass is 10.1. The molecule has 1 saturated heterocycles. The highest BCUT2D eigenvalue weighted by molar-refractivity contribution is 5.69. The fraction of sp³-hybridized carbons (Fsp3) is 0.786. The van der Waals surface area contributed by atoms with E-state index >= 15 is 0 Å². The minimum atomic E-state index is -0.901. The van der Waals surface area contributed by atoms with E-state index in [4.69, 9.17) is 14.2 Å². The predicted octanol–water partition coefficient (Wildman–Crippen LogP) is 1.33. The van der Waals surface area contributed by atoms with Crippen LogP contribution in [-0.4, -0.2) is 46.9 Å². The summed E-state index contributed by atoms with van der Waals surface area (Å²) < 4.78 is 16.5. The van der Waals surface area contributed by atoms with Crippen LogP contribution in [-0.2, 0) is 14.2 Å². The Kier molecular flexibility index (Phi) is 3.60. The highest BCUT2D eigenvalue weighted by Crippen LogP contribution is 2.40. The van der Waals surface area contributed by atoms with Gasteiger partial charge in [0.15, 0.2) is 5.79 Å². The standard InChI is InChI=1S/C14H23NO5/c1-7-8(15-12(17)20-13(2,3)4)9(16)11-10(7)18-14(5,6)19-11/h8-11,16H,1H2,2-6H3,(H,15,17). The van der Waals surface area contributed by atoms with Crippen molar-refractivity contribution in [2.75, 3.05) is 0 Å². The maximum absolute atomic E-state index is 11.8. The highest BCUT2D eigenvalue weighted by Gasteiger charge is 2.55. The van der Waals surface area contributed by atoms with E-state index in [1.54, 1.807) is 34.6 Å². The van der Waals surface area contributed by atoms with E-state index in [9.17, 15) is 9.90 Å². The van der Waals surface area contributed by atoms with Crippen molar-refractivity contribution in [3.8, 4) is 0 Å². The summed E-state index contributed by atoms with van der Waals surface area (Å²) in [6.45, 7) is 12.8. The van der Waals surface area contributed by atoms with E-state index in [1.165, 1.54) is 0 Å². The van der Waals surface area contributed by atoms with E-state index in [0.717, 1.165) is 0 Å². The van der Waals surface area contributed by atoms with Crippen LogP contribution in [0.25, 0.3) is 0 Å². The number of carbonyl (C=O) groups excluding carboxylic acids is 1. The smallest absolute Gasteiger partial charge is 0.408 e. The van der Waals surface area contributed by atoms with Crippen LogP contribution in [0.15, 0.2) is 12.2 Å². The number of aliphatic hydroxyl groups excluding tert-OH is 1. The van der Waals surface area contributed by atoms with Gasteiger partial charge in [-0.3, -0.25) is 0 Å². The van der Waals surface area contributed by atoms with Gasteiger partial charge in [-0.15, -0.1) is 0 Å². The third kappa shape index (κ3) is 2.97. The predicted molar refractivity (Wildman–Crippen MR) is 72.1 cm³/mol. The molecule has 4 unspecified atom stereocenters. The molecule has 1 amide bonds. The normalized spacial score (nSPS) is 35.8. The zero-order valence-electron chi connectivity index (χ0n) is 12.6. The number of carbonyl (C=O) groups is 1. The molecular formula is C14H23NO5. The summed E-state index contributed by atoms with van der Waals surface area (Å²) in [5, 5.41) is 12.9. The Morgan fingerprint density at radius 1 is 1.40 bits per heavy atom. The fourth-order valence-electron chi connectivity index (χ4n) is 2.52. The second-order valence-electron chi connectivity index (χ2n) is 6.71. The lowest BCUT2D eigenvalue weighted by molar-refractivity contribution is -0.159. The minimum Gasteiger partial charge on any atom is -0.444 e. The van der Waals surface area contributed by atoms with Gasteiger partial charge in [-0.05, 0) is 40.2 Å². The van der Waals surface area contributed by atoms with Crippen molar-refractivity contribution >= 4 is 6.09 Å². The number of fused-ring (bicyclic) bond motifs is 1. The van der Waals surface area contributed by atoms with E-state index in [1.807, 2.05) is 0 Å². The van der Waals surface area contributed by atoms with Crippen molar-refractivity contribution in [1.29, 1.82) is 0 Å². The molecule has 2 N–H and O–H groups in total. The number of aliphatic hydroxyl groups is 1. The molecule has 6 nitrogen and oxygen atoms in total. The van der Waals surface area contributed by atoms with Crippen molar-refractivity contribution in [2.45, 2.75) is 70.4 Å². The fourth-order valence-corrected chi connectivity index (χ4v) is 2.52. The summed E-state index contributed by atoms with van der Waals surface area (Å²) >= 11 is 0. The molecule has 0 spiro atoms. The van der Waals surface area contributed by atoms with Crippen LogP contribution in [0.1, 0.15) is 34.6 Å². The van der Waals surface area contributed by atoms with Crippen molar-refractivity contribution in [3.05, 3.63) is 12.2 Å². The van der Waals surface area contributed by atoms with Crippen LogP contribution in [0.2, 0.25) is 0 Å². The molecule has 4 atom stereocenters. The van der Waals surface area contributed by atoms with Crippen LogP contribution < -0.4 is 5.32 Å². The van der Waals surface area contributed by atoms with Crippen LogP contribution in [0.5, 0.6) is 0 Å². The zero-order chi connectivity index (χ0) is 15.3. The van der Waals surface area contributed by atoms with Crippen LogP contribution >= 0.6 is 0 Å². The Hall–Kier alpha value is -1.11. The molecule has 6 heteroatoms. The first-order chi connectivity index (χ1) is 9.00. The second-order valence-corrected chi connectivity index (χ2v) is 6.71. The van der Waals surface area contributed by atoms with Gasteiger partial charge in [0, 0.05) is 0 Å². The highest BCUT2D eigenvalue weighted by atomic mass is 16.8. The van der Waals surface area contributed by atoms with Crippen LogP contribution in [0, 0.1) is 0 Å². The number of alkyl carbamates (subject to hydrolysis) is 1. The van der Waals surface area contributed by atoms with Crippen molar-refractivity contribution < 1.29 is 24.1 Å². The number of amides is 1. The molecule has 2 aliphatic rings. The molecule has 1 heterocycles. The first kappa shape index (κ1) is 15.3. The van der Waals surface area contributed by atoms with Gasteiger partial charge in [0.05, 0.1) is 6.04 Å². The summed E-state index contributed by atoms with van der Waals surface area (Å²) in [4.78, 5) is 11.8. The lowest BCUT2D eigenvalue weighted by Crippen LogP contribution is -2.46. The number of nitrogens with one attached hydrogen (secondary N) is 1. The van der Waals surface area contributed by atoms with E-state index in [-0.39, 0.29) is 0 Å². The Bertz CT molecular complexity index is 426. The summed E-state index contributed by atoms with van der Waals surface area (Å²) in [7, 11) is 0. The topological polar surface area (TPSA) is 77.0 Å². The molecule has 1 aliphatic heterocycles. The van der Waals surface area contributed by atoms with Gasteiger partial charge in [0.1, 0.15) is 23.9 Å². The monoisotopic (exact) mass is 285 g/mol. The minimum absolute atomic E-state index is 0.417. The van der Waals surface area contributed by atoms with Crippen LogP contribution in [0.3, 0.4) is 0 Å². The summed E-state index contributed by atoms with van der Waals surface area (Å²) in [6.07, 6.45) is -2.43. The summed E-state index contributed by atoms with van der Waals surface area (Å²) in [6, 6.07) is -0.629. The maximum atomic E-state index is 11.8. The van der Waals surface area contributed by atoms with Gasteiger partial charge in [0.25, 0.3) is 0 Å². The number of hydrogen-bond donors (Lipinski definition) is 2. The molecule has 2 rings (SSSR count). The second kappa shape index (κ2) is 4.72. The number of rotatable bonds is 1. The molecule has 0 aromatic heterocycles. The molecule has 1 aliphatic carbocycles. The number of ether oxygens (including phenoxy) is 3. The van der Waals surface area contributed by atoms with Gasteiger partial charge in [-0.2, -0.15) is 0 Å². The lowest BCUT2D eigenvalue weighted by Gasteiger charge is -2.26. The molecule has 0 radical (unpaired) electrons. The van der Waals surface area contributed by atoms with Crippen LogP contribution in [0.4, 0.5) is 4.79 Å². The van der Waals surface area contributed by atoms with E-state index < -0.39 is 41.8 Å². The third-order valence-corrected chi connectivity index (χ3v) is 3.24. The molecule has 2 fully saturated rings. The van der Waals surface area contributed by atoms with Gasteiger partial charge in [-0.25, -0.2) is 4.79 Å². The Morgan fingerprint density at radius 2 is 2.00 bits per heavy atom. The Balaban J connectivity index is 2.02. The van der Waals surface area contributed by atoms with Crippen molar-refractivity contribution in [1.82, 2.24) is 5.32 Å². The van der Waals surface area contributed by atoms with E-state index in [2.05, 4.69) is 11.9 Å². The molecule has 0 aromatic rings. The average Bonchev–Trinajstić information content (AvgIpc) is 2.66. The maximum Gasteiger partial charge on any atom is 0.408 e. The molecule has 114 valence electrons. The van der Waals surface area contributed by atoms with Gasteiger partial charge in [0.2, 0.25) is 0 Å². The molecule has 1 saturated carbocycles. The zero-order valence-corrected chi connectivity index (χ0v) is 12.6. The molecule has 20 heavy (non-hydrogen) atoms. The molecule has 0 aromatic carbocycles. The molecule has 0 bridgehead atoms. The van der Waals surface area contributed by atoms with Crippen molar-refractivity contribution in [2.24, 2.45) is 0 Å². The Labute approximate surface area is 119 Å².